The number of benzene rings is 1. The molecule has 0 aliphatic rings. The van der Waals surface area contributed by atoms with Gasteiger partial charge in [0.1, 0.15) is 11.5 Å². The van der Waals surface area contributed by atoms with E-state index in [1.54, 1.807) is 49.8 Å². The Morgan fingerprint density at radius 3 is 2.72 bits per heavy atom. The fourth-order valence-corrected chi connectivity index (χ4v) is 3.73. The van der Waals surface area contributed by atoms with Gasteiger partial charge in [-0.25, -0.2) is 4.79 Å². The fraction of sp³-hybridized carbons (Fsp3) is 0.286. The minimum Gasteiger partial charge on any atom is -0.497 e. The normalized spacial score (nSPS) is 11.0. The predicted octanol–water partition coefficient (Wildman–Crippen LogP) is 4.44. The zero-order chi connectivity index (χ0) is 20.8. The SMILES string of the molecule is CCc1sc(-c2nnc(COC(=O)/C=C/c3cc(OC)ccc3OC)o2)cc1C. The molecule has 7 nitrogen and oxygen atoms in total. The van der Waals surface area contributed by atoms with Crippen molar-refractivity contribution in [3.63, 3.8) is 0 Å². The number of rotatable bonds is 8. The Balaban J connectivity index is 1.61. The van der Waals surface area contributed by atoms with Crippen molar-refractivity contribution in [1.82, 2.24) is 10.2 Å². The first-order valence-corrected chi connectivity index (χ1v) is 9.84. The molecule has 3 rings (SSSR count). The second-order valence-electron chi connectivity index (χ2n) is 6.12. The number of aromatic nitrogens is 2. The molecule has 0 bridgehead atoms. The lowest BCUT2D eigenvalue weighted by Crippen LogP contribution is -2.01. The van der Waals surface area contributed by atoms with Crippen LogP contribution in [0.2, 0.25) is 0 Å². The molecule has 3 aromatic rings. The van der Waals surface area contributed by atoms with Crippen LogP contribution in [0.5, 0.6) is 11.5 Å². The average Bonchev–Trinajstić information content (AvgIpc) is 3.36. The lowest BCUT2D eigenvalue weighted by Gasteiger charge is -2.07. The molecule has 152 valence electrons. The summed E-state index contributed by atoms with van der Waals surface area (Å²) in [7, 11) is 3.13. The standard InChI is InChI=1S/C21H22N2O5S/c1-5-17-13(2)10-18(29-17)21-23-22-19(28-21)12-27-20(24)9-6-14-11-15(25-3)7-8-16(14)26-4/h6-11H,5,12H2,1-4H3/b9-6+. The molecular formula is C21H22N2O5S. The van der Waals surface area contributed by atoms with Gasteiger partial charge in [-0.15, -0.1) is 21.5 Å². The highest BCUT2D eigenvalue weighted by Gasteiger charge is 2.14. The molecule has 0 aliphatic carbocycles. The van der Waals surface area contributed by atoms with Crippen LogP contribution in [0.25, 0.3) is 16.8 Å². The molecule has 2 heterocycles. The number of carbonyl (C=O) groups is 1. The van der Waals surface area contributed by atoms with E-state index in [0.29, 0.717) is 23.0 Å². The van der Waals surface area contributed by atoms with E-state index < -0.39 is 5.97 Å². The summed E-state index contributed by atoms with van der Waals surface area (Å²) in [5.41, 5.74) is 1.90. The van der Waals surface area contributed by atoms with Gasteiger partial charge in [0.25, 0.3) is 11.8 Å². The molecule has 2 aromatic heterocycles. The number of aryl methyl sites for hydroxylation is 2. The molecule has 1 aromatic carbocycles. The van der Waals surface area contributed by atoms with Crippen molar-refractivity contribution in [3.8, 4) is 22.3 Å². The number of carbonyl (C=O) groups excluding carboxylic acids is 1. The summed E-state index contributed by atoms with van der Waals surface area (Å²) in [5, 5.41) is 7.99. The van der Waals surface area contributed by atoms with Crippen molar-refractivity contribution in [2.24, 2.45) is 0 Å². The number of hydrogen-bond donors (Lipinski definition) is 0. The Morgan fingerprint density at radius 2 is 2.03 bits per heavy atom. The zero-order valence-corrected chi connectivity index (χ0v) is 17.5. The minimum absolute atomic E-state index is 0.101. The molecule has 0 saturated carbocycles. The Labute approximate surface area is 172 Å². The molecule has 0 atom stereocenters. The Morgan fingerprint density at radius 1 is 1.21 bits per heavy atom. The van der Waals surface area contributed by atoms with Gasteiger partial charge in [-0.1, -0.05) is 6.92 Å². The Hall–Kier alpha value is -3.13. The summed E-state index contributed by atoms with van der Waals surface area (Å²) >= 11 is 1.63. The first-order valence-electron chi connectivity index (χ1n) is 9.03. The molecule has 8 heteroatoms. The summed E-state index contributed by atoms with van der Waals surface area (Å²) in [6.07, 6.45) is 3.87. The molecule has 0 fully saturated rings. The highest BCUT2D eigenvalue weighted by molar-refractivity contribution is 7.15. The summed E-state index contributed by atoms with van der Waals surface area (Å²) in [6, 6.07) is 7.33. The molecule has 0 aliphatic heterocycles. The van der Waals surface area contributed by atoms with Gasteiger partial charge in [-0.2, -0.15) is 0 Å². The van der Waals surface area contributed by atoms with Crippen molar-refractivity contribution < 1.29 is 23.4 Å². The highest BCUT2D eigenvalue weighted by atomic mass is 32.1. The van der Waals surface area contributed by atoms with E-state index in [2.05, 4.69) is 24.0 Å². The summed E-state index contributed by atoms with van der Waals surface area (Å²) in [4.78, 5) is 14.2. The van der Waals surface area contributed by atoms with Crippen LogP contribution in [0.15, 0.2) is 34.8 Å². The average molecular weight is 414 g/mol. The van der Waals surface area contributed by atoms with Crippen molar-refractivity contribution in [2.45, 2.75) is 26.9 Å². The molecule has 0 unspecified atom stereocenters. The number of thiophene rings is 1. The molecule has 0 spiro atoms. The molecule has 0 amide bonds. The fourth-order valence-electron chi connectivity index (χ4n) is 2.70. The van der Waals surface area contributed by atoms with Crippen molar-refractivity contribution in [3.05, 3.63) is 52.2 Å². The number of esters is 1. The van der Waals surface area contributed by atoms with Crippen LogP contribution in [-0.2, 0) is 22.6 Å². The number of methoxy groups -OCH3 is 2. The minimum atomic E-state index is -0.533. The maximum Gasteiger partial charge on any atom is 0.331 e. The first-order chi connectivity index (χ1) is 14.0. The molecule has 0 N–H and O–H groups in total. The van der Waals surface area contributed by atoms with E-state index in [-0.39, 0.29) is 12.5 Å². The van der Waals surface area contributed by atoms with E-state index in [1.807, 2.05) is 6.07 Å². The number of hydrogen-bond acceptors (Lipinski definition) is 8. The predicted molar refractivity (Wildman–Crippen MR) is 110 cm³/mol. The van der Waals surface area contributed by atoms with Crippen molar-refractivity contribution in [1.29, 1.82) is 0 Å². The lowest BCUT2D eigenvalue weighted by molar-refractivity contribution is -0.139. The summed E-state index contributed by atoms with van der Waals surface area (Å²) in [6.45, 7) is 4.06. The van der Waals surface area contributed by atoms with Gasteiger partial charge in [-0.05, 0) is 49.2 Å². The molecule has 29 heavy (non-hydrogen) atoms. The van der Waals surface area contributed by atoms with Crippen molar-refractivity contribution in [2.75, 3.05) is 14.2 Å². The summed E-state index contributed by atoms with van der Waals surface area (Å²) < 4.78 is 21.3. The third-order valence-corrected chi connectivity index (χ3v) is 5.56. The smallest absolute Gasteiger partial charge is 0.331 e. The maximum atomic E-state index is 12.0. The Bertz CT molecular complexity index is 1020. The highest BCUT2D eigenvalue weighted by Crippen LogP contribution is 2.30. The summed E-state index contributed by atoms with van der Waals surface area (Å²) in [5.74, 6) is 1.42. The third-order valence-electron chi connectivity index (χ3n) is 4.19. The van der Waals surface area contributed by atoms with Gasteiger partial charge in [0, 0.05) is 16.5 Å². The van der Waals surface area contributed by atoms with Gasteiger partial charge >= 0.3 is 5.97 Å². The molecule has 0 saturated heterocycles. The van der Waals surface area contributed by atoms with E-state index in [4.69, 9.17) is 18.6 Å². The van der Waals surface area contributed by atoms with Gasteiger partial charge in [-0.3, -0.25) is 0 Å². The van der Waals surface area contributed by atoms with Gasteiger partial charge < -0.3 is 18.6 Å². The van der Waals surface area contributed by atoms with Gasteiger partial charge in [0.15, 0.2) is 6.61 Å². The van der Waals surface area contributed by atoms with E-state index >= 15 is 0 Å². The quantitative estimate of drug-likeness (QED) is 0.398. The third kappa shape index (κ3) is 5.03. The molecule has 0 radical (unpaired) electrons. The topological polar surface area (TPSA) is 83.7 Å². The second kappa shape index (κ2) is 9.38. The van der Waals surface area contributed by atoms with Crippen LogP contribution < -0.4 is 9.47 Å². The first kappa shape index (κ1) is 20.6. The largest absolute Gasteiger partial charge is 0.497 e. The van der Waals surface area contributed by atoms with Crippen LogP contribution >= 0.6 is 11.3 Å². The van der Waals surface area contributed by atoms with Crippen LogP contribution in [0, 0.1) is 6.92 Å². The van der Waals surface area contributed by atoms with Crippen LogP contribution in [0.4, 0.5) is 0 Å². The number of ether oxygens (including phenoxy) is 3. The van der Waals surface area contributed by atoms with Gasteiger partial charge in [0.2, 0.25) is 0 Å². The molecular weight excluding hydrogens is 392 g/mol. The zero-order valence-electron chi connectivity index (χ0n) is 16.7. The van der Waals surface area contributed by atoms with Crippen LogP contribution in [-0.4, -0.2) is 30.4 Å². The lowest BCUT2D eigenvalue weighted by atomic mass is 10.1. The van der Waals surface area contributed by atoms with E-state index in [9.17, 15) is 4.79 Å². The van der Waals surface area contributed by atoms with Crippen LogP contribution in [0.3, 0.4) is 0 Å². The number of nitrogens with zero attached hydrogens (tertiary/aromatic N) is 2. The maximum absolute atomic E-state index is 12.0. The van der Waals surface area contributed by atoms with E-state index in [0.717, 1.165) is 11.3 Å². The van der Waals surface area contributed by atoms with Crippen molar-refractivity contribution >= 4 is 23.4 Å². The Kier molecular flexibility index (Phi) is 6.66. The second-order valence-corrected chi connectivity index (χ2v) is 7.26. The van der Waals surface area contributed by atoms with Crippen LogP contribution in [0.1, 0.15) is 28.8 Å². The van der Waals surface area contributed by atoms with E-state index in [1.165, 1.54) is 16.5 Å². The monoisotopic (exact) mass is 414 g/mol. The van der Waals surface area contributed by atoms with Gasteiger partial charge in [0.05, 0.1) is 19.1 Å².